The molecule has 3 nitrogen and oxygen atoms in total. The fourth-order valence-electron chi connectivity index (χ4n) is 2.52. The predicted molar refractivity (Wildman–Crippen MR) is 92.0 cm³/mol. The molecule has 0 rings (SSSR count). The van der Waals surface area contributed by atoms with Gasteiger partial charge in [0.15, 0.2) is 0 Å². The molecule has 0 saturated heterocycles. The van der Waals surface area contributed by atoms with Crippen LogP contribution in [0.15, 0.2) is 0 Å². The molecule has 0 radical (unpaired) electrons. The number of esters is 1. The Hall–Kier alpha value is -0.860. The lowest BCUT2D eigenvalue weighted by atomic mass is 10.1. The second-order valence-corrected chi connectivity index (χ2v) is 6.17. The smallest absolute Gasteiger partial charge is 0.305 e. The molecule has 0 aliphatic rings. The topological polar surface area (TPSA) is 43.4 Å². The highest BCUT2D eigenvalue weighted by Crippen LogP contribution is 2.11. The highest BCUT2D eigenvalue weighted by atomic mass is 16.5. The third kappa shape index (κ3) is 17.2. The number of unbranched alkanes of at least 4 members (excludes halogenated alkanes) is 12. The van der Waals surface area contributed by atoms with Gasteiger partial charge in [-0.2, -0.15) is 0 Å². The average Bonchev–Trinajstić information content (AvgIpc) is 2.52. The second-order valence-electron chi connectivity index (χ2n) is 6.17. The molecular formula is C19H36O3. The highest BCUT2D eigenvalue weighted by Gasteiger charge is 2.02. The van der Waals surface area contributed by atoms with E-state index in [1.54, 1.807) is 0 Å². The Balaban J connectivity index is 3.13. The van der Waals surface area contributed by atoms with Crippen LogP contribution in [0.2, 0.25) is 0 Å². The molecule has 0 saturated carbocycles. The average molecular weight is 312 g/mol. The van der Waals surface area contributed by atoms with E-state index in [9.17, 15) is 9.59 Å². The summed E-state index contributed by atoms with van der Waals surface area (Å²) >= 11 is 0. The lowest BCUT2D eigenvalue weighted by molar-refractivity contribution is -0.143. The minimum Gasteiger partial charge on any atom is -0.466 e. The molecule has 3 heteroatoms. The van der Waals surface area contributed by atoms with E-state index in [1.807, 2.05) is 0 Å². The Morgan fingerprint density at radius 1 is 0.773 bits per heavy atom. The monoisotopic (exact) mass is 312 g/mol. The zero-order valence-corrected chi connectivity index (χ0v) is 14.6. The van der Waals surface area contributed by atoms with Crippen LogP contribution in [0, 0.1) is 0 Å². The molecule has 0 heterocycles. The van der Waals surface area contributed by atoms with Crippen molar-refractivity contribution in [2.75, 3.05) is 6.61 Å². The first-order valence-electron chi connectivity index (χ1n) is 9.40. The van der Waals surface area contributed by atoms with E-state index < -0.39 is 0 Å². The molecule has 0 fully saturated rings. The van der Waals surface area contributed by atoms with E-state index in [-0.39, 0.29) is 5.97 Å². The Kier molecular flexibility index (Phi) is 17.5. The van der Waals surface area contributed by atoms with E-state index in [1.165, 1.54) is 51.4 Å². The standard InChI is InChI=1S/C19H36O3/c1-2-3-4-5-6-7-8-9-10-13-16-19(21)22-18-15-12-11-14-17-20/h17H,2-16,18H2,1H3. The van der Waals surface area contributed by atoms with Crippen molar-refractivity contribution in [1.82, 2.24) is 0 Å². The highest BCUT2D eigenvalue weighted by molar-refractivity contribution is 5.69. The van der Waals surface area contributed by atoms with Gasteiger partial charge in [-0.25, -0.2) is 0 Å². The van der Waals surface area contributed by atoms with Crippen LogP contribution in [-0.2, 0) is 14.3 Å². The van der Waals surface area contributed by atoms with Crippen LogP contribution < -0.4 is 0 Å². The summed E-state index contributed by atoms with van der Waals surface area (Å²) in [6.07, 6.45) is 17.7. The number of aldehydes is 1. The Morgan fingerprint density at radius 2 is 1.32 bits per heavy atom. The van der Waals surface area contributed by atoms with E-state index in [0.29, 0.717) is 19.4 Å². The van der Waals surface area contributed by atoms with Crippen LogP contribution in [-0.4, -0.2) is 18.9 Å². The van der Waals surface area contributed by atoms with E-state index in [0.717, 1.165) is 38.4 Å². The van der Waals surface area contributed by atoms with Crippen molar-refractivity contribution >= 4 is 12.3 Å². The van der Waals surface area contributed by atoms with Crippen molar-refractivity contribution in [3.63, 3.8) is 0 Å². The molecule has 0 aromatic rings. The fraction of sp³-hybridized carbons (Fsp3) is 0.895. The van der Waals surface area contributed by atoms with Gasteiger partial charge in [0, 0.05) is 12.8 Å². The first kappa shape index (κ1) is 21.1. The molecule has 130 valence electrons. The molecule has 0 unspecified atom stereocenters. The molecule has 0 aliphatic heterocycles. The van der Waals surface area contributed by atoms with Crippen LogP contribution in [0.25, 0.3) is 0 Å². The van der Waals surface area contributed by atoms with Crippen molar-refractivity contribution in [2.45, 2.75) is 103 Å². The van der Waals surface area contributed by atoms with E-state index in [4.69, 9.17) is 4.74 Å². The van der Waals surface area contributed by atoms with Gasteiger partial charge in [-0.1, -0.05) is 64.7 Å². The van der Waals surface area contributed by atoms with Crippen molar-refractivity contribution in [2.24, 2.45) is 0 Å². The quantitative estimate of drug-likeness (QED) is 0.199. The van der Waals surface area contributed by atoms with Crippen LogP contribution in [0.4, 0.5) is 0 Å². The molecular weight excluding hydrogens is 276 g/mol. The van der Waals surface area contributed by atoms with Gasteiger partial charge in [0.2, 0.25) is 0 Å². The molecule has 0 amide bonds. The normalized spacial score (nSPS) is 10.6. The van der Waals surface area contributed by atoms with Gasteiger partial charge in [0.05, 0.1) is 6.61 Å². The van der Waals surface area contributed by atoms with Crippen LogP contribution in [0.5, 0.6) is 0 Å². The minimum absolute atomic E-state index is 0.0602. The number of hydrogen-bond acceptors (Lipinski definition) is 3. The molecule has 0 spiro atoms. The molecule has 0 aromatic carbocycles. The van der Waals surface area contributed by atoms with Crippen molar-refractivity contribution in [3.8, 4) is 0 Å². The van der Waals surface area contributed by atoms with Gasteiger partial charge in [-0.05, 0) is 25.7 Å². The van der Waals surface area contributed by atoms with Gasteiger partial charge in [0.25, 0.3) is 0 Å². The number of rotatable bonds is 17. The van der Waals surface area contributed by atoms with Crippen molar-refractivity contribution in [3.05, 3.63) is 0 Å². The SMILES string of the molecule is CCCCCCCCCCCCC(=O)OCCCCCC=O. The molecule has 0 aliphatic carbocycles. The summed E-state index contributed by atoms with van der Waals surface area (Å²) in [5.41, 5.74) is 0. The molecule has 0 N–H and O–H groups in total. The maximum atomic E-state index is 11.5. The maximum absolute atomic E-state index is 11.5. The first-order chi connectivity index (χ1) is 10.8. The number of carbonyl (C=O) groups is 2. The second kappa shape index (κ2) is 18.2. The lowest BCUT2D eigenvalue weighted by Gasteiger charge is -2.05. The first-order valence-corrected chi connectivity index (χ1v) is 9.40. The summed E-state index contributed by atoms with van der Waals surface area (Å²) < 4.78 is 5.18. The van der Waals surface area contributed by atoms with Crippen LogP contribution in [0.1, 0.15) is 103 Å². The minimum atomic E-state index is -0.0602. The van der Waals surface area contributed by atoms with Crippen molar-refractivity contribution < 1.29 is 14.3 Å². The summed E-state index contributed by atoms with van der Waals surface area (Å²) in [6, 6.07) is 0. The number of ether oxygens (including phenoxy) is 1. The van der Waals surface area contributed by atoms with Gasteiger partial charge in [0.1, 0.15) is 6.29 Å². The zero-order chi connectivity index (χ0) is 16.3. The Labute approximate surface area is 137 Å². The van der Waals surface area contributed by atoms with Crippen LogP contribution >= 0.6 is 0 Å². The van der Waals surface area contributed by atoms with Gasteiger partial charge < -0.3 is 9.53 Å². The van der Waals surface area contributed by atoms with E-state index in [2.05, 4.69) is 6.92 Å². The van der Waals surface area contributed by atoms with Crippen molar-refractivity contribution in [1.29, 1.82) is 0 Å². The zero-order valence-electron chi connectivity index (χ0n) is 14.6. The molecule has 22 heavy (non-hydrogen) atoms. The summed E-state index contributed by atoms with van der Waals surface area (Å²) in [4.78, 5) is 21.6. The van der Waals surface area contributed by atoms with Gasteiger partial charge in [-0.3, -0.25) is 4.79 Å². The third-order valence-electron chi connectivity index (χ3n) is 3.96. The number of carbonyl (C=O) groups excluding carboxylic acids is 2. The predicted octanol–water partition coefficient (Wildman–Crippen LogP) is 5.60. The summed E-state index contributed by atoms with van der Waals surface area (Å²) in [7, 11) is 0. The fourth-order valence-corrected chi connectivity index (χ4v) is 2.52. The summed E-state index contributed by atoms with van der Waals surface area (Å²) in [5.74, 6) is -0.0602. The third-order valence-corrected chi connectivity index (χ3v) is 3.96. The van der Waals surface area contributed by atoms with Crippen LogP contribution in [0.3, 0.4) is 0 Å². The maximum Gasteiger partial charge on any atom is 0.305 e. The number of hydrogen-bond donors (Lipinski definition) is 0. The van der Waals surface area contributed by atoms with Gasteiger partial charge in [-0.15, -0.1) is 0 Å². The molecule has 0 bridgehead atoms. The Bertz CT molecular complexity index is 251. The molecule has 0 atom stereocenters. The van der Waals surface area contributed by atoms with Gasteiger partial charge >= 0.3 is 5.97 Å². The largest absolute Gasteiger partial charge is 0.466 e. The lowest BCUT2D eigenvalue weighted by Crippen LogP contribution is -2.05. The summed E-state index contributed by atoms with van der Waals surface area (Å²) in [5, 5.41) is 0. The summed E-state index contributed by atoms with van der Waals surface area (Å²) in [6.45, 7) is 2.76. The van der Waals surface area contributed by atoms with E-state index >= 15 is 0 Å². The Morgan fingerprint density at radius 3 is 1.91 bits per heavy atom. The molecule has 0 aromatic heterocycles.